The Morgan fingerprint density at radius 1 is 1.03 bits per heavy atom. The molecule has 31 heavy (non-hydrogen) atoms. The van der Waals surface area contributed by atoms with E-state index in [1.54, 1.807) is 30.3 Å². The number of nitrogens with one attached hydrogen (secondary N) is 1. The molecule has 1 amide bonds. The molecule has 156 valence electrons. The van der Waals surface area contributed by atoms with Gasteiger partial charge in [-0.05, 0) is 60.5 Å². The maximum absolute atomic E-state index is 12.4. The fraction of sp³-hybridized carbons (Fsp3) is 0.120. The van der Waals surface area contributed by atoms with Crippen molar-refractivity contribution in [2.75, 3.05) is 11.9 Å². The summed E-state index contributed by atoms with van der Waals surface area (Å²) < 4.78 is 11.6. The average Bonchev–Trinajstić information content (AvgIpc) is 2.79. The van der Waals surface area contributed by atoms with E-state index in [0.717, 1.165) is 5.56 Å². The minimum absolute atomic E-state index is 0.0128. The summed E-state index contributed by atoms with van der Waals surface area (Å²) in [7, 11) is 0. The van der Waals surface area contributed by atoms with Crippen molar-refractivity contribution >= 4 is 29.3 Å². The van der Waals surface area contributed by atoms with E-state index in [1.807, 2.05) is 55.5 Å². The molecule has 0 fully saturated rings. The van der Waals surface area contributed by atoms with Crippen LogP contribution >= 0.6 is 11.6 Å². The third kappa shape index (κ3) is 6.36. The number of hydrogen-bond donors (Lipinski definition) is 1. The number of rotatable bonds is 8. The Hall–Kier alpha value is -3.75. The topological polar surface area (TPSA) is 71.3 Å². The van der Waals surface area contributed by atoms with Gasteiger partial charge in [0, 0.05) is 10.7 Å². The lowest BCUT2D eigenvalue weighted by Gasteiger charge is -2.13. The molecule has 0 aliphatic carbocycles. The molecule has 0 aliphatic rings. The second-order valence-corrected chi connectivity index (χ2v) is 6.98. The first-order valence-corrected chi connectivity index (χ1v) is 10.1. The molecule has 3 aromatic carbocycles. The van der Waals surface area contributed by atoms with Gasteiger partial charge in [0.2, 0.25) is 0 Å². The van der Waals surface area contributed by atoms with Gasteiger partial charge < -0.3 is 14.8 Å². The Labute approximate surface area is 186 Å². The van der Waals surface area contributed by atoms with E-state index in [1.165, 1.54) is 6.08 Å². The maximum atomic E-state index is 12.4. The maximum Gasteiger partial charge on any atom is 0.266 e. The van der Waals surface area contributed by atoms with E-state index in [0.29, 0.717) is 41.0 Å². The van der Waals surface area contributed by atoms with Gasteiger partial charge in [0.25, 0.3) is 5.91 Å². The Kier molecular flexibility index (Phi) is 7.69. The minimum Gasteiger partial charge on any atom is -0.490 e. The molecule has 0 atom stereocenters. The highest BCUT2D eigenvalue weighted by Crippen LogP contribution is 2.30. The molecule has 5 nitrogen and oxygen atoms in total. The van der Waals surface area contributed by atoms with Gasteiger partial charge in [-0.3, -0.25) is 4.79 Å². The van der Waals surface area contributed by atoms with Crippen molar-refractivity contribution in [1.82, 2.24) is 0 Å². The van der Waals surface area contributed by atoms with Crippen LogP contribution in [-0.4, -0.2) is 12.5 Å². The fourth-order valence-electron chi connectivity index (χ4n) is 2.78. The van der Waals surface area contributed by atoms with Crippen molar-refractivity contribution in [1.29, 1.82) is 5.26 Å². The number of anilines is 1. The van der Waals surface area contributed by atoms with Crippen LogP contribution in [0.4, 0.5) is 5.69 Å². The Bertz CT molecular complexity index is 1100. The molecule has 0 spiro atoms. The molecule has 1 N–H and O–H groups in total. The van der Waals surface area contributed by atoms with Gasteiger partial charge in [-0.25, -0.2) is 0 Å². The van der Waals surface area contributed by atoms with Crippen molar-refractivity contribution in [2.45, 2.75) is 13.5 Å². The first-order chi connectivity index (χ1) is 15.1. The van der Waals surface area contributed by atoms with Crippen LogP contribution in [0, 0.1) is 11.3 Å². The number of para-hydroxylation sites is 1. The first-order valence-electron chi connectivity index (χ1n) is 9.71. The molecule has 6 heteroatoms. The number of benzene rings is 3. The highest BCUT2D eigenvalue weighted by atomic mass is 35.5. The van der Waals surface area contributed by atoms with Crippen molar-refractivity contribution in [2.24, 2.45) is 0 Å². The summed E-state index contributed by atoms with van der Waals surface area (Å²) in [6.07, 6.45) is 1.52. The largest absolute Gasteiger partial charge is 0.490 e. The Morgan fingerprint density at radius 3 is 2.45 bits per heavy atom. The predicted molar refractivity (Wildman–Crippen MR) is 122 cm³/mol. The number of hydrogen-bond acceptors (Lipinski definition) is 4. The van der Waals surface area contributed by atoms with Crippen LogP contribution in [-0.2, 0) is 11.4 Å². The van der Waals surface area contributed by atoms with Gasteiger partial charge in [-0.1, -0.05) is 48.0 Å². The smallest absolute Gasteiger partial charge is 0.266 e. The second-order valence-electron chi connectivity index (χ2n) is 6.54. The van der Waals surface area contributed by atoms with Crippen molar-refractivity contribution in [3.63, 3.8) is 0 Å². The normalized spacial score (nSPS) is 10.8. The number of nitriles is 1. The number of nitrogens with zero attached hydrogens (tertiary/aromatic N) is 1. The lowest BCUT2D eigenvalue weighted by Crippen LogP contribution is -2.13. The van der Waals surface area contributed by atoms with Crippen molar-refractivity contribution in [3.8, 4) is 17.6 Å². The molecule has 0 aromatic heterocycles. The molecule has 0 saturated carbocycles. The zero-order chi connectivity index (χ0) is 22.1. The summed E-state index contributed by atoms with van der Waals surface area (Å²) in [5.74, 6) is 0.627. The van der Waals surface area contributed by atoms with Crippen LogP contribution in [0.15, 0.2) is 78.4 Å². The summed E-state index contributed by atoms with van der Waals surface area (Å²) in [5, 5.41) is 12.8. The van der Waals surface area contributed by atoms with Gasteiger partial charge in [0.05, 0.1) is 6.61 Å². The first kappa shape index (κ1) is 21.9. The quantitative estimate of drug-likeness (QED) is 0.357. The van der Waals surface area contributed by atoms with Gasteiger partial charge in [0.15, 0.2) is 11.5 Å². The van der Waals surface area contributed by atoms with E-state index >= 15 is 0 Å². The molecule has 0 radical (unpaired) electrons. The predicted octanol–water partition coefficient (Wildman–Crippen LogP) is 5.86. The highest BCUT2D eigenvalue weighted by molar-refractivity contribution is 6.30. The van der Waals surface area contributed by atoms with Crippen LogP contribution in [0.1, 0.15) is 18.1 Å². The molecule has 3 aromatic rings. The molecular formula is C25H21ClN2O3. The third-order valence-electron chi connectivity index (χ3n) is 4.28. The lowest BCUT2D eigenvalue weighted by molar-refractivity contribution is -0.112. The number of carbonyl (C=O) groups is 1. The molecular weight excluding hydrogens is 412 g/mol. The van der Waals surface area contributed by atoms with Gasteiger partial charge in [-0.15, -0.1) is 0 Å². The summed E-state index contributed by atoms with van der Waals surface area (Å²) in [6, 6.07) is 23.6. The molecule has 0 unspecified atom stereocenters. The standard InChI is InChI=1S/C25H21ClN2O3/c1-2-30-24-15-19(10-13-23(24)31-17-18-8-11-21(26)12-9-18)14-20(16-27)25(29)28-22-6-4-3-5-7-22/h3-15H,2,17H2,1H3,(H,28,29)/b20-14-. The monoisotopic (exact) mass is 432 g/mol. The van der Waals surface area contributed by atoms with E-state index in [9.17, 15) is 10.1 Å². The summed E-state index contributed by atoms with van der Waals surface area (Å²) in [4.78, 5) is 12.4. The van der Waals surface area contributed by atoms with E-state index in [-0.39, 0.29) is 5.57 Å². The molecule has 0 bridgehead atoms. The van der Waals surface area contributed by atoms with Crippen LogP contribution in [0.25, 0.3) is 6.08 Å². The van der Waals surface area contributed by atoms with Crippen LogP contribution in [0.5, 0.6) is 11.5 Å². The van der Waals surface area contributed by atoms with Crippen LogP contribution in [0.3, 0.4) is 0 Å². The second kappa shape index (κ2) is 10.9. The van der Waals surface area contributed by atoms with Gasteiger partial charge in [0.1, 0.15) is 18.2 Å². The SMILES string of the molecule is CCOc1cc(/C=C(/C#N)C(=O)Nc2ccccc2)ccc1OCc1ccc(Cl)cc1. The summed E-state index contributed by atoms with van der Waals surface area (Å²) in [6.45, 7) is 2.68. The van der Waals surface area contributed by atoms with Crippen molar-refractivity contribution < 1.29 is 14.3 Å². The number of halogens is 1. The Balaban J connectivity index is 1.77. The molecule has 0 heterocycles. The van der Waals surface area contributed by atoms with E-state index < -0.39 is 5.91 Å². The molecule has 0 aliphatic heterocycles. The minimum atomic E-state index is -0.477. The van der Waals surface area contributed by atoms with Gasteiger partial charge >= 0.3 is 0 Å². The average molecular weight is 433 g/mol. The molecule has 0 saturated heterocycles. The van der Waals surface area contributed by atoms with Gasteiger partial charge in [-0.2, -0.15) is 5.26 Å². The fourth-order valence-corrected chi connectivity index (χ4v) is 2.90. The Morgan fingerprint density at radius 2 is 1.77 bits per heavy atom. The number of ether oxygens (including phenoxy) is 2. The van der Waals surface area contributed by atoms with Crippen LogP contribution < -0.4 is 14.8 Å². The van der Waals surface area contributed by atoms with E-state index in [4.69, 9.17) is 21.1 Å². The van der Waals surface area contributed by atoms with Crippen molar-refractivity contribution in [3.05, 3.63) is 94.5 Å². The summed E-state index contributed by atoms with van der Waals surface area (Å²) >= 11 is 5.92. The van der Waals surface area contributed by atoms with E-state index in [2.05, 4.69) is 5.32 Å². The lowest BCUT2D eigenvalue weighted by atomic mass is 10.1. The number of amides is 1. The zero-order valence-electron chi connectivity index (χ0n) is 17.0. The third-order valence-corrected chi connectivity index (χ3v) is 4.53. The summed E-state index contributed by atoms with van der Waals surface area (Å²) in [5.41, 5.74) is 2.23. The number of carbonyl (C=O) groups excluding carboxylic acids is 1. The van der Waals surface area contributed by atoms with Crippen LogP contribution in [0.2, 0.25) is 5.02 Å². The zero-order valence-corrected chi connectivity index (χ0v) is 17.7. The molecule has 3 rings (SSSR count). The highest BCUT2D eigenvalue weighted by Gasteiger charge is 2.11.